The van der Waals surface area contributed by atoms with Crippen LogP contribution in [0.5, 0.6) is 0 Å². The van der Waals surface area contributed by atoms with Crippen LogP contribution >= 0.6 is 11.6 Å². The molecular formula is C12H16ClN3O. The molecule has 1 heterocycles. The minimum atomic E-state index is 0.0501. The highest BCUT2D eigenvalue weighted by Crippen LogP contribution is 2.32. The number of halogens is 1. The van der Waals surface area contributed by atoms with Gasteiger partial charge in [0.2, 0.25) is 5.91 Å². The maximum Gasteiger partial charge on any atom is 0.230 e. The summed E-state index contributed by atoms with van der Waals surface area (Å²) in [7, 11) is 3.81. The van der Waals surface area contributed by atoms with Crippen LogP contribution in [0.2, 0.25) is 5.02 Å². The molecule has 2 N–H and O–H groups in total. The molecule has 1 aliphatic heterocycles. The molecule has 1 fully saturated rings. The summed E-state index contributed by atoms with van der Waals surface area (Å²) in [5.74, 6) is 0.123. The summed E-state index contributed by atoms with van der Waals surface area (Å²) in [6.45, 7) is 1.51. The summed E-state index contributed by atoms with van der Waals surface area (Å²) in [6.07, 6.45) is 0. The van der Waals surface area contributed by atoms with E-state index in [1.165, 1.54) is 0 Å². The second-order valence-electron chi connectivity index (χ2n) is 4.37. The Morgan fingerprint density at radius 2 is 2.18 bits per heavy atom. The van der Waals surface area contributed by atoms with Gasteiger partial charge in [0.25, 0.3) is 0 Å². The lowest BCUT2D eigenvalue weighted by Crippen LogP contribution is -2.48. The number of rotatable bonds is 3. The largest absolute Gasteiger partial charge is 0.375 e. The van der Waals surface area contributed by atoms with Gasteiger partial charge in [-0.25, -0.2) is 0 Å². The number of hydrogen-bond acceptors (Lipinski definition) is 3. The van der Waals surface area contributed by atoms with Crippen LogP contribution in [0, 0.1) is 5.92 Å². The van der Waals surface area contributed by atoms with Crippen LogP contribution in [0.4, 0.5) is 11.4 Å². The molecule has 17 heavy (non-hydrogen) atoms. The standard InChI is InChI=1S/C12H16ClN3O/c1-16(2)11-9(13)4-3-5-10(11)15-12(17)8-6-14-7-8/h3-5,8,14H,6-7H2,1-2H3,(H,15,17). The number of nitrogens with zero attached hydrogens (tertiary/aromatic N) is 1. The van der Waals surface area contributed by atoms with Crippen LogP contribution in [0.1, 0.15) is 0 Å². The summed E-state index contributed by atoms with van der Waals surface area (Å²) < 4.78 is 0. The molecule has 1 aliphatic rings. The third-order valence-corrected chi connectivity index (χ3v) is 3.15. The van der Waals surface area contributed by atoms with Crippen molar-refractivity contribution in [1.82, 2.24) is 5.32 Å². The Balaban J connectivity index is 2.19. The minimum Gasteiger partial charge on any atom is -0.375 e. The molecule has 0 bridgehead atoms. The molecule has 5 heteroatoms. The van der Waals surface area contributed by atoms with Crippen molar-refractivity contribution in [2.24, 2.45) is 5.92 Å². The number of carbonyl (C=O) groups is 1. The van der Waals surface area contributed by atoms with Crippen LogP contribution in [0.3, 0.4) is 0 Å². The van der Waals surface area contributed by atoms with Crippen LogP contribution < -0.4 is 15.5 Å². The topological polar surface area (TPSA) is 44.4 Å². The molecule has 0 unspecified atom stereocenters. The highest BCUT2D eigenvalue weighted by molar-refractivity contribution is 6.34. The molecule has 2 rings (SSSR count). The Labute approximate surface area is 106 Å². The van der Waals surface area contributed by atoms with Crippen molar-refractivity contribution >= 4 is 28.9 Å². The number of amides is 1. The average Bonchev–Trinajstić information content (AvgIpc) is 2.13. The van der Waals surface area contributed by atoms with E-state index in [4.69, 9.17) is 11.6 Å². The fraction of sp³-hybridized carbons (Fsp3) is 0.417. The van der Waals surface area contributed by atoms with Crippen molar-refractivity contribution in [2.75, 3.05) is 37.4 Å². The molecule has 0 spiro atoms. The first kappa shape index (κ1) is 12.2. The highest BCUT2D eigenvalue weighted by Gasteiger charge is 2.25. The van der Waals surface area contributed by atoms with E-state index in [1.54, 1.807) is 0 Å². The van der Waals surface area contributed by atoms with Gasteiger partial charge in [-0.2, -0.15) is 0 Å². The molecule has 0 atom stereocenters. The zero-order chi connectivity index (χ0) is 12.4. The molecule has 92 valence electrons. The van der Waals surface area contributed by atoms with Gasteiger partial charge in [-0.05, 0) is 12.1 Å². The van der Waals surface area contributed by atoms with Gasteiger partial charge in [0.15, 0.2) is 0 Å². The third kappa shape index (κ3) is 2.53. The van der Waals surface area contributed by atoms with Crippen LogP contribution in [-0.4, -0.2) is 33.1 Å². The molecule has 1 aromatic carbocycles. The Morgan fingerprint density at radius 3 is 2.71 bits per heavy atom. The fourth-order valence-corrected chi connectivity index (χ4v) is 2.12. The van der Waals surface area contributed by atoms with Gasteiger partial charge in [0.05, 0.1) is 22.3 Å². The van der Waals surface area contributed by atoms with E-state index >= 15 is 0 Å². The first-order valence-electron chi connectivity index (χ1n) is 5.57. The normalized spacial score (nSPS) is 15.2. The number of benzene rings is 1. The molecule has 0 radical (unpaired) electrons. The van der Waals surface area contributed by atoms with E-state index in [1.807, 2.05) is 37.2 Å². The number of para-hydroxylation sites is 1. The van der Waals surface area contributed by atoms with Crippen LogP contribution in [-0.2, 0) is 4.79 Å². The first-order valence-corrected chi connectivity index (χ1v) is 5.95. The number of anilines is 2. The van der Waals surface area contributed by atoms with Gasteiger partial charge in [-0.3, -0.25) is 4.79 Å². The Morgan fingerprint density at radius 1 is 1.47 bits per heavy atom. The zero-order valence-electron chi connectivity index (χ0n) is 9.96. The van der Waals surface area contributed by atoms with E-state index < -0.39 is 0 Å². The summed E-state index contributed by atoms with van der Waals surface area (Å²) in [5, 5.41) is 6.65. The van der Waals surface area contributed by atoms with Gasteiger partial charge < -0.3 is 15.5 Å². The van der Waals surface area contributed by atoms with Gasteiger partial charge in [-0.1, -0.05) is 17.7 Å². The Kier molecular flexibility index (Phi) is 3.54. The van der Waals surface area contributed by atoms with Gasteiger partial charge >= 0.3 is 0 Å². The van der Waals surface area contributed by atoms with Gasteiger partial charge in [-0.15, -0.1) is 0 Å². The molecule has 1 saturated heterocycles. The van der Waals surface area contributed by atoms with Crippen molar-refractivity contribution in [3.05, 3.63) is 23.2 Å². The van der Waals surface area contributed by atoms with E-state index in [0.29, 0.717) is 5.02 Å². The predicted molar refractivity (Wildman–Crippen MR) is 70.8 cm³/mol. The zero-order valence-corrected chi connectivity index (χ0v) is 10.7. The van der Waals surface area contributed by atoms with E-state index in [-0.39, 0.29) is 11.8 Å². The molecule has 1 amide bonds. The van der Waals surface area contributed by atoms with Crippen LogP contribution in [0.25, 0.3) is 0 Å². The van der Waals surface area contributed by atoms with Crippen molar-refractivity contribution < 1.29 is 4.79 Å². The van der Waals surface area contributed by atoms with Crippen molar-refractivity contribution in [3.63, 3.8) is 0 Å². The van der Waals surface area contributed by atoms with Crippen molar-refractivity contribution in [2.45, 2.75) is 0 Å². The smallest absolute Gasteiger partial charge is 0.230 e. The summed E-state index contributed by atoms with van der Waals surface area (Å²) >= 11 is 6.13. The average molecular weight is 254 g/mol. The summed E-state index contributed by atoms with van der Waals surface area (Å²) in [5.41, 5.74) is 1.61. The number of nitrogens with one attached hydrogen (secondary N) is 2. The SMILES string of the molecule is CN(C)c1c(Cl)cccc1NC(=O)C1CNC1. The van der Waals surface area contributed by atoms with E-state index in [0.717, 1.165) is 24.5 Å². The Hall–Kier alpha value is -1.26. The predicted octanol–water partition coefficient (Wildman–Crippen LogP) is 1.56. The highest BCUT2D eigenvalue weighted by atomic mass is 35.5. The van der Waals surface area contributed by atoms with E-state index in [2.05, 4.69) is 10.6 Å². The van der Waals surface area contributed by atoms with Gasteiger partial charge in [0, 0.05) is 27.2 Å². The minimum absolute atomic E-state index is 0.0501. The monoisotopic (exact) mass is 253 g/mol. The maximum absolute atomic E-state index is 11.9. The van der Waals surface area contributed by atoms with E-state index in [9.17, 15) is 4.79 Å². The fourth-order valence-electron chi connectivity index (χ4n) is 1.78. The molecule has 0 aliphatic carbocycles. The van der Waals surface area contributed by atoms with Crippen molar-refractivity contribution in [1.29, 1.82) is 0 Å². The number of hydrogen-bond donors (Lipinski definition) is 2. The second kappa shape index (κ2) is 4.94. The van der Waals surface area contributed by atoms with Crippen LogP contribution in [0.15, 0.2) is 18.2 Å². The lowest BCUT2D eigenvalue weighted by molar-refractivity contribution is -0.121. The maximum atomic E-state index is 11.9. The summed E-state index contributed by atoms with van der Waals surface area (Å²) in [4.78, 5) is 13.8. The first-order chi connectivity index (χ1) is 8.09. The quantitative estimate of drug-likeness (QED) is 0.860. The van der Waals surface area contributed by atoms with Crippen molar-refractivity contribution in [3.8, 4) is 0 Å². The van der Waals surface area contributed by atoms with Gasteiger partial charge in [0.1, 0.15) is 0 Å². The summed E-state index contributed by atoms with van der Waals surface area (Å²) in [6, 6.07) is 5.52. The lowest BCUT2D eigenvalue weighted by atomic mass is 10.0. The Bertz CT molecular complexity index is 430. The third-order valence-electron chi connectivity index (χ3n) is 2.84. The second-order valence-corrected chi connectivity index (χ2v) is 4.78. The molecule has 4 nitrogen and oxygen atoms in total. The lowest BCUT2D eigenvalue weighted by Gasteiger charge is -2.27. The molecule has 0 saturated carbocycles. The molecule has 1 aromatic rings. The number of carbonyl (C=O) groups excluding carboxylic acids is 1. The molecule has 0 aromatic heterocycles. The molecular weight excluding hydrogens is 238 g/mol.